The van der Waals surface area contributed by atoms with Crippen molar-refractivity contribution < 1.29 is 9.53 Å². The van der Waals surface area contributed by atoms with E-state index in [-0.39, 0.29) is 35.8 Å². The van der Waals surface area contributed by atoms with Crippen LogP contribution in [0, 0.1) is 5.92 Å². The highest BCUT2D eigenvalue weighted by molar-refractivity contribution is 14.0. The predicted octanol–water partition coefficient (Wildman–Crippen LogP) is 1.78. The van der Waals surface area contributed by atoms with E-state index >= 15 is 0 Å². The zero-order chi connectivity index (χ0) is 20.2. The van der Waals surface area contributed by atoms with Crippen LogP contribution >= 0.6 is 24.0 Å². The average molecular weight is 528 g/mol. The van der Waals surface area contributed by atoms with E-state index in [1.807, 2.05) is 6.07 Å². The molecule has 3 aliphatic heterocycles. The van der Waals surface area contributed by atoms with Crippen LogP contribution in [0.15, 0.2) is 23.3 Å². The first kappa shape index (κ1) is 23.1. The Labute approximate surface area is 195 Å². The molecule has 0 saturated carbocycles. The summed E-state index contributed by atoms with van der Waals surface area (Å²) in [6, 6.07) is 4.33. The number of halogens is 1. The molecule has 8 nitrogen and oxygen atoms in total. The number of piperidine rings is 1. The van der Waals surface area contributed by atoms with Gasteiger partial charge in [0.1, 0.15) is 5.82 Å². The number of nitrogens with zero attached hydrogens (tertiary/aromatic N) is 3. The molecule has 0 radical (unpaired) electrons. The van der Waals surface area contributed by atoms with Crippen LogP contribution in [-0.2, 0) is 16.1 Å². The van der Waals surface area contributed by atoms with Gasteiger partial charge in [-0.05, 0) is 45.1 Å². The lowest BCUT2D eigenvalue weighted by molar-refractivity contribution is -0.122. The summed E-state index contributed by atoms with van der Waals surface area (Å²) in [6.07, 6.45) is 7.66. The first-order valence-corrected chi connectivity index (χ1v) is 10.8. The summed E-state index contributed by atoms with van der Waals surface area (Å²) in [4.78, 5) is 23.2. The van der Waals surface area contributed by atoms with Crippen LogP contribution in [0.2, 0.25) is 0 Å². The number of nitrogens with two attached hydrogens (primary N) is 1. The third-order valence-electron chi connectivity index (χ3n) is 6.17. The molecule has 0 aromatic carbocycles. The number of hydrogen-bond donors (Lipinski definition) is 3. The number of rotatable bonds is 6. The summed E-state index contributed by atoms with van der Waals surface area (Å²) in [6.45, 7) is 4.92. The van der Waals surface area contributed by atoms with Gasteiger partial charge in [0.05, 0.1) is 30.7 Å². The van der Waals surface area contributed by atoms with Crippen LogP contribution < -0.4 is 21.3 Å². The number of primary amides is 1. The molecule has 3 saturated heterocycles. The number of hydrogen-bond acceptors (Lipinski definition) is 5. The molecule has 1 aromatic rings. The van der Waals surface area contributed by atoms with Gasteiger partial charge < -0.3 is 26.0 Å². The standard InChI is InChI=1S/C21H32N6O2.HI/c1-2-23-21(26-17-11-16-7-8-18(17)29-16)25-12-14-5-3-9-24-20(14)27-10-4-6-15(13-27)19(22)28;/h3,5,9,15-18H,2,4,6-8,10-13H2,1H3,(H2,22,28)(H2,23,25,26);1H. The number of fused-ring (bicyclic) bond motifs is 2. The minimum absolute atomic E-state index is 0. The van der Waals surface area contributed by atoms with E-state index in [9.17, 15) is 4.79 Å². The maximum Gasteiger partial charge on any atom is 0.222 e. The van der Waals surface area contributed by atoms with Gasteiger partial charge in [0.2, 0.25) is 5.91 Å². The van der Waals surface area contributed by atoms with Crippen LogP contribution in [0.5, 0.6) is 0 Å². The van der Waals surface area contributed by atoms with Crippen LogP contribution in [0.4, 0.5) is 5.82 Å². The lowest BCUT2D eigenvalue weighted by Gasteiger charge is -2.33. The fraction of sp³-hybridized carbons (Fsp3) is 0.667. The summed E-state index contributed by atoms with van der Waals surface area (Å²) in [5.41, 5.74) is 6.60. The summed E-state index contributed by atoms with van der Waals surface area (Å²) in [5, 5.41) is 6.91. The van der Waals surface area contributed by atoms with Gasteiger partial charge >= 0.3 is 0 Å². The number of pyridine rings is 1. The van der Waals surface area contributed by atoms with Gasteiger partial charge in [-0.1, -0.05) is 6.07 Å². The molecule has 0 spiro atoms. The normalized spacial score (nSPS) is 28.2. The van der Waals surface area contributed by atoms with E-state index < -0.39 is 0 Å². The van der Waals surface area contributed by atoms with Gasteiger partial charge in [0, 0.05) is 31.4 Å². The fourth-order valence-corrected chi connectivity index (χ4v) is 4.69. The number of anilines is 1. The van der Waals surface area contributed by atoms with Crippen molar-refractivity contribution >= 4 is 41.7 Å². The Morgan fingerprint density at radius 2 is 2.27 bits per heavy atom. The van der Waals surface area contributed by atoms with Crippen LogP contribution in [-0.4, -0.2) is 54.7 Å². The number of nitrogens with one attached hydrogen (secondary N) is 2. The molecule has 4 rings (SSSR count). The Morgan fingerprint density at radius 1 is 1.40 bits per heavy atom. The molecular weight excluding hydrogens is 495 g/mol. The van der Waals surface area contributed by atoms with E-state index in [4.69, 9.17) is 15.5 Å². The highest BCUT2D eigenvalue weighted by Gasteiger charge is 2.41. The minimum atomic E-state index is -0.225. The van der Waals surface area contributed by atoms with Crippen molar-refractivity contribution in [1.29, 1.82) is 0 Å². The smallest absolute Gasteiger partial charge is 0.222 e. The van der Waals surface area contributed by atoms with Gasteiger partial charge in [-0.15, -0.1) is 24.0 Å². The number of aliphatic imine (C=N–C) groups is 1. The molecule has 4 N–H and O–H groups in total. The van der Waals surface area contributed by atoms with E-state index in [1.165, 1.54) is 6.42 Å². The van der Waals surface area contributed by atoms with Crippen LogP contribution in [0.3, 0.4) is 0 Å². The molecule has 9 heteroatoms. The number of amides is 1. The lowest BCUT2D eigenvalue weighted by Crippen LogP contribution is -2.47. The van der Waals surface area contributed by atoms with Crippen molar-refractivity contribution in [1.82, 2.24) is 15.6 Å². The molecule has 4 heterocycles. The van der Waals surface area contributed by atoms with Crippen molar-refractivity contribution in [3.8, 4) is 0 Å². The largest absolute Gasteiger partial charge is 0.373 e. The Morgan fingerprint density at radius 3 is 2.97 bits per heavy atom. The van der Waals surface area contributed by atoms with Gasteiger partial charge in [0.25, 0.3) is 0 Å². The van der Waals surface area contributed by atoms with E-state index in [1.54, 1.807) is 6.20 Å². The number of guanidine groups is 1. The Bertz CT molecular complexity index is 761. The number of aromatic nitrogens is 1. The van der Waals surface area contributed by atoms with E-state index in [0.29, 0.717) is 31.3 Å². The van der Waals surface area contributed by atoms with Crippen molar-refractivity contribution in [2.75, 3.05) is 24.5 Å². The number of carbonyl (C=O) groups excluding carboxylic acids is 1. The molecule has 2 bridgehead atoms. The lowest BCUT2D eigenvalue weighted by atomic mass is 9.96. The number of ether oxygens (including phenoxy) is 1. The zero-order valence-electron chi connectivity index (χ0n) is 17.5. The highest BCUT2D eigenvalue weighted by atomic mass is 127. The highest BCUT2D eigenvalue weighted by Crippen LogP contribution is 2.34. The second-order valence-electron chi connectivity index (χ2n) is 8.23. The topological polar surface area (TPSA) is 105 Å². The monoisotopic (exact) mass is 528 g/mol. The van der Waals surface area contributed by atoms with Crippen molar-refractivity contribution in [2.24, 2.45) is 16.6 Å². The van der Waals surface area contributed by atoms with E-state index in [2.05, 4.69) is 33.5 Å². The Balaban J connectivity index is 0.00000256. The molecular formula is C21H33IN6O2. The SMILES string of the molecule is CCNC(=NCc1cccnc1N1CCCC(C(N)=O)C1)NC1CC2CCC1O2.I. The fourth-order valence-electron chi connectivity index (χ4n) is 4.69. The van der Waals surface area contributed by atoms with Crippen molar-refractivity contribution in [3.63, 3.8) is 0 Å². The van der Waals surface area contributed by atoms with Gasteiger partial charge in [-0.3, -0.25) is 4.79 Å². The number of carbonyl (C=O) groups is 1. The van der Waals surface area contributed by atoms with Gasteiger partial charge in [-0.2, -0.15) is 0 Å². The molecule has 1 aromatic heterocycles. The molecule has 30 heavy (non-hydrogen) atoms. The second-order valence-corrected chi connectivity index (χ2v) is 8.23. The molecule has 1 amide bonds. The minimum Gasteiger partial charge on any atom is -0.373 e. The van der Waals surface area contributed by atoms with Crippen LogP contribution in [0.1, 0.15) is 44.6 Å². The molecule has 4 atom stereocenters. The Kier molecular flexibility index (Phi) is 8.15. The maximum atomic E-state index is 11.6. The molecule has 166 valence electrons. The molecule has 0 aliphatic carbocycles. The second kappa shape index (κ2) is 10.6. The molecule has 3 aliphatic rings. The predicted molar refractivity (Wildman–Crippen MR) is 128 cm³/mol. The quantitative estimate of drug-likeness (QED) is 0.296. The summed E-state index contributed by atoms with van der Waals surface area (Å²) in [5.74, 6) is 1.38. The van der Waals surface area contributed by atoms with Crippen molar-refractivity contribution in [3.05, 3.63) is 23.9 Å². The van der Waals surface area contributed by atoms with E-state index in [0.717, 1.165) is 56.1 Å². The summed E-state index contributed by atoms with van der Waals surface area (Å²) < 4.78 is 5.95. The van der Waals surface area contributed by atoms with Gasteiger partial charge in [-0.25, -0.2) is 9.98 Å². The first-order valence-electron chi connectivity index (χ1n) is 10.8. The third kappa shape index (κ3) is 5.35. The zero-order valence-corrected chi connectivity index (χ0v) is 19.9. The average Bonchev–Trinajstić information content (AvgIpc) is 3.36. The molecule has 3 fully saturated rings. The summed E-state index contributed by atoms with van der Waals surface area (Å²) >= 11 is 0. The van der Waals surface area contributed by atoms with Crippen LogP contribution in [0.25, 0.3) is 0 Å². The molecule has 4 unspecified atom stereocenters. The first-order chi connectivity index (χ1) is 14.1. The third-order valence-corrected chi connectivity index (χ3v) is 6.17. The summed E-state index contributed by atoms with van der Waals surface area (Å²) in [7, 11) is 0. The maximum absolute atomic E-state index is 11.6. The van der Waals surface area contributed by atoms with Gasteiger partial charge in [0.15, 0.2) is 5.96 Å². The Hall–Kier alpha value is -1.62. The van der Waals surface area contributed by atoms with Crippen molar-refractivity contribution in [2.45, 2.75) is 63.8 Å².